The molecule has 8 nitrogen and oxygen atoms in total. The van der Waals surface area contributed by atoms with Crippen molar-refractivity contribution < 1.29 is 34.3 Å². The molecule has 0 bridgehead atoms. The van der Waals surface area contributed by atoms with Gasteiger partial charge in [-0.25, -0.2) is 4.79 Å². The molecule has 1 heterocycles. The molecule has 0 spiro atoms. The molecular weight excluding hydrogens is 258 g/mol. The van der Waals surface area contributed by atoms with E-state index in [1.807, 2.05) is 0 Å². The van der Waals surface area contributed by atoms with Crippen molar-refractivity contribution in [1.82, 2.24) is 5.32 Å². The Morgan fingerprint density at radius 1 is 1.26 bits per heavy atom. The Morgan fingerprint density at radius 3 is 2.47 bits per heavy atom. The van der Waals surface area contributed by atoms with Gasteiger partial charge in [0.25, 0.3) is 0 Å². The molecule has 1 fully saturated rings. The van der Waals surface area contributed by atoms with Crippen molar-refractivity contribution >= 4 is 6.09 Å². The molecule has 0 aromatic rings. The first-order valence-corrected chi connectivity index (χ1v) is 6.22. The maximum Gasteiger partial charge on any atom is 0.407 e. The molecule has 1 rings (SSSR count). The molecule has 0 aromatic heterocycles. The number of carbonyl (C=O) groups excluding carboxylic acids is 1. The standard InChI is InChI=1S/C11H21NO7/c1-3-17-10-7(12-11(16)18-4-2)9(15)8(14)6(5-13)19-10/h6-10,13-15H,3-5H2,1-2H3,(H,12,16)/t6-,7-,8+,9-,10+/m0/s1. The Kier molecular flexibility index (Phi) is 6.46. The van der Waals surface area contributed by atoms with Crippen molar-refractivity contribution in [2.24, 2.45) is 0 Å². The van der Waals surface area contributed by atoms with E-state index in [1.54, 1.807) is 13.8 Å². The Bertz CT molecular complexity index is 288. The number of aliphatic hydroxyl groups is 3. The monoisotopic (exact) mass is 279 g/mol. The third-order valence-electron chi connectivity index (χ3n) is 2.77. The molecule has 0 saturated carbocycles. The Morgan fingerprint density at radius 2 is 1.95 bits per heavy atom. The first-order chi connectivity index (χ1) is 9.04. The van der Waals surface area contributed by atoms with E-state index in [0.29, 0.717) is 0 Å². The second-order valence-corrected chi connectivity index (χ2v) is 4.05. The van der Waals surface area contributed by atoms with Gasteiger partial charge in [0.2, 0.25) is 0 Å². The molecule has 1 amide bonds. The molecule has 1 saturated heterocycles. The Labute approximate surface area is 111 Å². The summed E-state index contributed by atoms with van der Waals surface area (Å²) in [6.07, 6.45) is -5.33. The van der Waals surface area contributed by atoms with Crippen LogP contribution in [0.25, 0.3) is 0 Å². The normalized spacial score (nSPS) is 34.9. The minimum Gasteiger partial charge on any atom is -0.450 e. The molecule has 112 valence electrons. The van der Waals surface area contributed by atoms with Crippen LogP contribution in [0.4, 0.5) is 4.79 Å². The fourth-order valence-electron chi connectivity index (χ4n) is 1.85. The topological polar surface area (TPSA) is 117 Å². The number of hydrogen-bond acceptors (Lipinski definition) is 7. The Balaban J connectivity index is 2.75. The van der Waals surface area contributed by atoms with Crippen LogP contribution in [-0.2, 0) is 14.2 Å². The van der Waals surface area contributed by atoms with Crippen molar-refractivity contribution in [1.29, 1.82) is 0 Å². The smallest absolute Gasteiger partial charge is 0.407 e. The van der Waals surface area contributed by atoms with Crippen LogP contribution >= 0.6 is 0 Å². The van der Waals surface area contributed by atoms with Crippen LogP contribution in [0.15, 0.2) is 0 Å². The van der Waals surface area contributed by atoms with Crippen molar-refractivity contribution in [3.63, 3.8) is 0 Å². The molecule has 19 heavy (non-hydrogen) atoms. The number of rotatable bonds is 5. The van der Waals surface area contributed by atoms with Gasteiger partial charge in [0.1, 0.15) is 24.4 Å². The average Bonchev–Trinajstić information content (AvgIpc) is 2.38. The molecule has 0 unspecified atom stereocenters. The highest BCUT2D eigenvalue weighted by Gasteiger charge is 2.45. The van der Waals surface area contributed by atoms with E-state index in [9.17, 15) is 15.0 Å². The first-order valence-electron chi connectivity index (χ1n) is 6.22. The summed E-state index contributed by atoms with van der Waals surface area (Å²) in [6, 6.07) is -0.975. The van der Waals surface area contributed by atoms with Crippen LogP contribution in [0.5, 0.6) is 0 Å². The summed E-state index contributed by atoms with van der Waals surface area (Å²) in [4.78, 5) is 11.4. The number of ether oxygens (including phenoxy) is 3. The van der Waals surface area contributed by atoms with Crippen molar-refractivity contribution in [2.75, 3.05) is 19.8 Å². The molecule has 0 radical (unpaired) electrons. The predicted molar refractivity (Wildman–Crippen MR) is 63.3 cm³/mol. The molecule has 1 aliphatic heterocycles. The van der Waals surface area contributed by atoms with Gasteiger partial charge in [-0.05, 0) is 13.8 Å². The summed E-state index contributed by atoms with van der Waals surface area (Å²) in [5.74, 6) is 0. The van der Waals surface area contributed by atoms with Gasteiger partial charge >= 0.3 is 6.09 Å². The molecule has 0 aromatic carbocycles. The lowest BCUT2D eigenvalue weighted by Gasteiger charge is -2.41. The second kappa shape index (κ2) is 7.61. The van der Waals surface area contributed by atoms with Gasteiger partial charge in [-0.3, -0.25) is 0 Å². The predicted octanol–water partition coefficient (Wildman–Crippen LogP) is -1.42. The fourth-order valence-corrected chi connectivity index (χ4v) is 1.85. The molecule has 8 heteroatoms. The van der Waals surface area contributed by atoms with Crippen LogP contribution in [0.2, 0.25) is 0 Å². The van der Waals surface area contributed by atoms with E-state index in [-0.39, 0.29) is 13.2 Å². The zero-order valence-corrected chi connectivity index (χ0v) is 11.0. The van der Waals surface area contributed by atoms with E-state index >= 15 is 0 Å². The van der Waals surface area contributed by atoms with E-state index in [1.165, 1.54) is 0 Å². The van der Waals surface area contributed by atoms with Gasteiger partial charge in [0.15, 0.2) is 6.29 Å². The van der Waals surface area contributed by atoms with E-state index in [4.69, 9.17) is 19.3 Å². The van der Waals surface area contributed by atoms with E-state index < -0.39 is 43.3 Å². The lowest BCUT2D eigenvalue weighted by atomic mass is 9.97. The van der Waals surface area contributed by atoms with Gasteiger partial charge < -0.3 is 34.8 Å². The molecule has 4 N–H and O–H groups in total. The average molecular weight is 279 g/mol. The first kappa shape index (κ1) is 16.1. The zero-order chi connectivity index (χ0) is 14.4. The van der Waals surface area contributed by atoms with Crippen LogP contribution < -0.4 is 5.32 Å². The summed E-state index contributed by atoms with van der Waals surface area (Å²) in [5, 5.41) is 31.1. The quantitative estimate of drug-likeness (QED) is 0.487. The lowest BCUT2D eigenvalue weighted by molar-refractivity contribution is -0.268. The van der Waals surface area contributed by atoms with Crippen molar-refractivity contribution in [2.45, 2.75) is 44.5 Å². The third kappa shape index (κ3) is 4.02. The third-order valence-corrected chi connectivity index (χ3v) is 2.77. The summed E-state index contributed by atoms with van der Waals surface area (Å²) >= 11 is 0. The highest BCUT2D eigenvalue weighted by molar-refractivity contribution is 5.67. The van der Waals surface area contributed by atoms with Crippen LogP contribution in [-0.4, -0.2) is 71.9 Å². The number of nitrogens with one attached hydrogen (secondary N) is 1. The number of alkyl carbamates (subject to hydrolysis) is 1. The molecule has 5 atom stereocenters. The SMILES string of the molecule is CCOC(=O)N[C@@H]1[C@H](OCC)O[C@@H](CO)[C@@H](O)[C@H]1O. The van der Waals surface area contributed by atoms with Gasteiger partial charge in [0, 0.05) is 6.61 Å². The zero-order valence-electron chi connectivity index (χ0n) is 11.0. The van der Waals surface area contributed by atoms with Gasteiger partial charge in [-0.15, -0.1) is 0 Å². The Hall–Kier alpha value is -0.930. The maximum atomic E-state index is 11.4. The lowest BCUT2D eigenvalue weighted by Crippen LogP contribution is -2.64. The molecule has 1 aliphatic rings. The second-order valence-electron chi connectivity index (χ2n) is 4.05. The molecular formula is C11H21NO7. The molecule has 0 aliphatic carbocycles. The van der Waals surface area contributed by atoms with E-state index in [0.717, 1.165) is 0 Å². The minimum atomic E-state index is -1.33. The van der Waals surface area contributed by atoms with E-state index in [2.05, 4.69) is 5.32 Å². The van der Waals surface area contributed by atoms with Gasteiger partial charge in [-0.2, -0.15) is 0 Å². The number of amides is 1. The van der Waals surface area contributed by atoms with Gasteiger partial charge in [-0.1, -0.05) is 0 Å². The van der Waals surface area contributed by atoms with Crippen molar-refractivity contribution in [3.05, 3.63) is 0 Å². The van der Waals surface area contributed by atoms with Gasteiger partial charge in [0.05, 0.1) is 13.2 Å². The summed E-state index contributed by atoms with van der Waals surface area (Å²) in [7, 11) is 0. The number of hydrogen-bond donors (Lipinski definition) is 4. The highest BCUT2D eigenvalue weighted by Crippen LogP contribution is 2.22. The van der Waals surface area contributed by atoms with Crippen LogP contribution in [0.3, 0.4) is 0 Å². The van der Waals surface area contributed by atoms with Crippen LogP contribution in [0, 0.1) is 0 Å². The minimum absolute atomic E-state index is 0.177. The van der Waals surface area contributed by atoms with Crippen molar-refractivity contribution in [3.8, 4) is 0 Å². The number of carbonyl (C=O) groups is 1. The summed E-state index contributed by atoms with van der Waals surface area (Å²) in [5.41, 5.74) is 0. The number of aliphatic hydroxyl groups excluding tert-OH is 3. The summed E-state index contributed by atoms with van der Waals surface area (Å²) in [6.45, 7) is 3.36. The maximum absolute atomic E-state index is 11.4. The highest BCUT2D eigenvalue weighted by atomic mass is 16.7. The fraction of sp³-hybridized carbons (Fsp3) is 0.909. The summed E-state index contributed by atoms with van der Waals surface area (Å²) < 4.78 is 15.3. The largest absolute Gasteiger partial charge is 0.450 e. The van der Waals surface area contributed by atoms with Crippen LogP contribution in [0.1, 0.15) is 13.8 Å².